The summed E-state index contributed by atoms with van der Waals surface area (Å²) in [5.74, 6) is 1.22. The highest BCUT2D eigenvalue weighted by molar-refractivity contribution is 5.62. The Bertz CT molecular complexity index is 835. The van der Waals surface area contributed by atoms with Crippen molar-refractivity contribution in [2.75, 3.05) is 32.0 Å². The number of nitrogens with zero attached hydrogens (tertiary/aromatic N) is 4. The summed E-state index contributed by atoms with van der Waals surface area (Å²) in [5.41, 5.74) is 5.21. The highest BCUT2D eigenvalue weighted by atomic mass is 19.4. The number of anilines is 1. The first-order valence-electron chi connectivity index (χ1n) is 9.02. The molecule has 3 heterocycles. The van der Waals surface area contributed by atoms with Crippen molar-refractivity contribution in [1.29, 1.82) is 0 Å². The van der Waals surface area contributed by atoms with Crippen molar-refractivity contribution in [3.8, 4) is 11.3 Å². The van der Waals surface area contributed by atoms with Crippen molar-refractivity contribution in [2.45, 2.75) is 25.6 Å². The third kappa shape index (κ3) is 3.18. The van der Waals surface area contributed by atoms with Crippen LogP contribution in [0.25, 0.3) is 11.3 Å². The normalized spacial score (nSPS) is 25.0. The monoisotopic (exact) mass is 383 g/mol. The maximum Gasteiger partial charge on any atom is 0.419 e. The molecule has 0 aromatic carbocycles. The van der Waals surface area contributed by atoms with E-state index >= 15 is 0 Å². The molecular formula is C18H21F4N5. The lowest BCUT2D eigenvalue weighted by atomic mass is 10.1. The Hall–Kier alpha value is -2.16. The van der Waals surface area contributed by atoms with Crippen molar-refractivity contribution >= 4 is 5.82 Å². The van der Waals surface area contributed by atoms with Crippen LogP contribution in [0.1, 0.15) is 24.4 Å². The molecule has 2 N–H and O–H groups in total. The predicted octanol–water partition coefficient (Wildman–Crippen LogP) is 3.18. The van der Waals surface area contributed by atoms with Crippen LogP contribution in [0.3, 0.4) is 0 Å². The largest absolute Gasteiger partial charge is 0.419 e. The minimum Gasteiger partial charge on any atom is -0.383 e. The van der Waals surface area contributed by atoms with Gasteiger partial charge >= 0.3 is 6.18 Å². The van der Waals surface area contributed by atoms with Gasteiger partial charge in [0.25, 0.3) is 0 Å². The first kappa shape index (κ1) is 18.2. The van der Waals surface area contributed by atoms with Gasteiger partial charge in [-0.05, 0) is 17.9 Å². The van der Waals surface area contributed by atoms with Gasteiger partial charge in [-0.25, -0.2) is 14.4 Å². The number of alkyl halides is 4. The van der Waals surface area contributed by atoms with E-state index in [1.807, 2.05) is 13.1 Å². The molecule has 1 aliphatic carbocycles. The van der Waals surface area contributed by atoms with Crippen LogP contribution < -0.4 is 5.73 Å². The van der Waals surface area contributed by atoms with Gasteiger partial charge in [0, 0.05) is 50.1 Å². The highest BCUT2D eigenvalue weighted by Crippen LogP contribution is 2.55. The van der Waals surface area contributed by atoms with Crippen molar-refractivity contribution in [1.82, 2.24) is 19.4 Å². The second-order valence-electron chi connectivity index (χ2n) is 7.22. The molecule has 2 aromatic heterocycles. The second-order valence-corrected chi connectivity index (χ2v) is 7.22. The number of hydrogen-bond donors (Lipinski definition) is 1. The van der Waals surface area contributed by atoms with E-state index in [0.29, 0.717) is 42.1 Å². The van der Waals surface area contributed by atoms with E-state index in [1.165, 1.54) is 6.20 Å². The molecule has 4 rings (SSSR count). The molecule has 0 radical (unpaired) electrons. The van der Waals surface area contributed by atoms with Crippen LogP contribution in [0.5, 0.6) is 0 Å². The molecule has 2 aromatic rings. The molecule has 2 aliphatic rings. The third-order valence-corrected chi connectivity index (χ3v) is 5.59. The number of nitrogens with two attached hydrogens (primary N) is 1. The first-order valence-corrected chi connectivity index (χ1v) is 9.02. The molecule has 0 bridgehead atoms. The number of rotatable bonds is 5. The minimum atomic E-state index is -4.56. The Morgan fingerprint density at radius 2 is 1.96 bits per heavy atom. The maximum atomic E-state index is 13.1. The number of aryl methyl sites for hydroxylation is 1. The summed E-state index contributed by atoms with van der Waals surface area (Å²) >= 11 is 0. The summed E-state index contributed by atoms with van der Waals surface area (Å²) < 4.78 is 53.9. The molecule has 2 fully saturated rings. The Labute approximate surface area is 154 Å². The maximum absolute atomic E-state index is 13.1. The molecule has 0 amide bonds. The zero-order valence-corrected chi connectivity index (χ0v) is 14.9. The number of aromatic nitrogens is 3. The van der Waals surface area contributed by atoms with Crippen LogP contribution in [0, 0.1) is 11.8 Å². The summed E-state index contributed by atoms with van der Waals surface area (Å²) in [6, 6.07) is 1.30. The molecule has 5 nitrogen and oxygen atoms in total. The summed E-state index contributed by atoms with van der Waals surface area (Å²) in [6.45, 7) is 3.81. The number of nitrogen functional groups attached to an aromatic ring is 1. The molecular weight excluding hydrogens is 362 g/mol. The van der Waals surface area contributed by atoms with E-state index in [4.69, 9.17) is 5.73 Å². The van der Waals surface area contributed by atoms with Crippen LogP contribution in [0.2, 0.25) is 0 Å². The predicted molar refractivity (Wildman–Crippen MR) is 92.7 cm³/mol. The molecule has 1 unspecified atom stereocenters. The van der Waals surface area contributed by atoms with E-state index < -0.39 is 17.6 Å². The van der Waals surface area contributed by atoms with Gasteiger partial charge in [-0.1, -0.05) is 6.92 Å². The highest BCUT2D eigenvalue weighted by Gasteiger charge is 2.57. The van der Waals surface area contributed by atoms with E-state index in [1.54, 1.807) is 0 Å². The first-order chi connectivity index (χ1) is 12.8. The molecule has 27 heavy (non-hydrogen) atoms. The van der Waals surface area contributed by atoms with Crippen LogP contribution >= 0.6 is 0 Å². The Kier molecular flexibility index (Phi) is 4.37. The van der Waals surface area contributed by atoms with Crippen LogP contribution in [-0.4, -0.2) is 45.7 Å². The summed E-state index contributed by atoms with van der Waals surface area (Å²) in [7, 11) is 0. The number of hydrogen-bond acceptors (Lipinski definition) is 4. The van der Waals surface area contributed by atoms with Crippen LogP contribution in [-0.2, 0) is 12.6 Å². The fourth-order valence-corrected chi connectivity index (χ4v) is 4.23. The fourth-order valence-electron chi connectivity index (χ4n) is 4.23. The fraction of sp³-hybridized carbons (Fsp3) is 0.556. The Morgan fingerprint density at radius 3 is 2.56 bits per heavy atom. The van der Waals surface area contributed by atoms with Crippen LogP contribution in [0.15, 0.2) is 18.5 Å². The quantitative estimate of drug-likeness (QED) is 0.806. The smallest absolute Gasteiger partial charge is 0.383 e. The lowest BCUT2D eigenvalue weighted by molar-refractivity contribution is -0.137. The van der Waals surface area contributed by atoms with Crippen molar-refractivity contribution in [3.63, 3.8) is 0 Å². The SMILES string of the molecule is CCc1nc(-c2cnc(N)c(C(F)(F)F)c2)cn1C1[C@H]2CN(CCF)C[C@@H]12. The van der Waals surface area contributed by atoms with E-state index in [2.05, 4.69) is 19.4 Å². The van der Waals surface area contributed by atoms with Gasteiger partial charge in [-0.2, -0.15) is 13.2 Å². The summed E-state index contributed by atoms with van der Waals surface area (Å²) in [6.07, 6.45) is -0.739. The average Bonchev–Trinajstić information content (AvgIpc) is 2.98. The molecule has 1 saturated carbocycles. The number of imidazole rings is 1. The van der Waals surface area contributed by atoms with Gasteiger partial charge in [0.2, 0.25) is 0 Å². The Balaban J connectivity index is 1.61. The second kappa shape index (κ2) is 6.47. The van der Waals surface area contributed by atoms with Gasteiger partial charge < -0.3 is 15.2 Å². The zero-order chi connectivity index (χ0) is 19.3. The topological polar surface area (TPSA) is 60.0 Å². The molecule has 146 valence electrons. The van der Waals surface area contributed by atoms with Gasteiger partial charge in [0.05, 0.1) is 11.3 Å². The van der Waals surface area contributed by atoms with E-state index in [-0.39, 0.29) is 6.67 Å². The summed E-state index contributed by atoms with van der Waals surface area (Å²) in [5, 5.41) is 0. The summed E-state index contributed by atoms with van der Waals surface area (Å²) in [4.78, 5) is 10.4. The Morgan fingerprint density at radius 1 is 1.26 bits per heavy atom. The van der Waals surface area contributed by atoms with Crippen molar-refractivity contribution < 1.29 is 17.6 Å². The lowest BCUT2D eigenvalue weighted by Gasteiger charge is -2.18. The van der Waals surface area contributed by atoms with Gasteiger partial charge in [-0.3, -0.25) is 0 Å². The minimum absolute atomic E-state index is 0.292. The number of fused-ring (bicyclic) bond motifs is 1. The number of likely N-dealkylation sites (tertiary alicyclic amines) is 1. The number of halogens is 4. The van der Waals surface area contributed by atoms with E-state index in [9.17, 15) is 17.6 Å². The van der Waals surface area contributed by atoms with Crippen LogP contribution in [0.4, 0.5) is 23.4 Å². The van der Waals surface area contributed by atoms with Gasteiger partial charge in [0.15, 0.2) is 0 Å². The third-order valence-electron chi connectivity index (χ3n) is 5.59. The molecule has 0 spiro atoms. The number of pyridine rings is 1. The molecule has 1 aliphatic heterocycles. The zero-order valence-electron chi connectivity index (χ0n) is 14.9. The standard InChI is InChI=1S/C18H21F4N5/c1-2-15-25-14(10-5-13(18(20,21)22)17(23)24-6-10)9-27(15)16-11-7-26(4-3-19)8-12(11)16/h5-6,9,11-12,16H,2-4,7-8H2,1H3,(H2,23,24)/t11-,12+,16?. The molecule has 9 heteroatoms. The number of piperidine rings is 1. The van der Waals surface area contributed by atoms with Crippen molar-refractivity contribution in [3.05, 3.63) is 29.8 Å². The average molecular weight is 383 g/mol. The van der Waals surface area contributed by atoms with E-state index in [0.717, 1.165) is 25.0 Å². The molecule has 1 saturated heterocycles. The lowest BCUT2D eigenvalue weighted by Crippen LogP contribution is -2.27. The molecule has 3 atom stereocenters. The van der Waals surface area contributed by atoms with Gasteiger partial charge in [-0.15, -0.1) is 0 Å². The van der Waals surface area contributed by atoms with Crippen molar-refractivity contribution in [2.24, 2.45) is 11.8 Å². The van der Waals surface area contributed by atoms with Gasteiger partial charge in [0.1, 0.15) is 18.3 Å².